The number of rotatable bonds is 3. The maximum atomic E-state index is 12.2. The minimum absolute atomic E-state index is 0.0266. The zero-order chi connectivity index (χ0) is 15.1. The third kappa shape index (κ3) is 4.41. The third-order valence-corrected chi connectivity index (χ3v) is 2.61. The van der Waals surface area contributed by atoms with Gasteiger partial charge in [-0.15, -0.1) is 0 Å². The normalized spacial score (nSPS) is 9.62. The molecule has 0 bridgehead atoms. The van der Waals surface area contributed by atoms with E-state index in [1.807, 2.05) is 13.0 Å². The average molecular weight is 281 g/mol. The molecule has 0 radical (unpaired) electrons. The number of benzene rings is 1. The van der Waals surface area contributed by atoms with Gasteiger partial charge < -0.3 is 10.4 Å². The highest BCUT2D eigenvalue weighted by Gasteiger charge is 2.08. The van der Waals surface area contributed by atoms with Crippen LogP contribution in [0, 0.1) is 18.8 Å². The Bertz CT molecular complexity index is 688. The number of aliphatic hydroxyl groups is 1. The van der Waals surface area contributed by atoms with Crippen molar-refractivity contribution in [3.63, 3.8) is 0 Å². The average Bonchev–Trinajstić information content (AvgIpc) is 2.48. The molecular formula is C16H15N3O2. The molecule has 1 heterocycles. The monoisotopic (exact) mass is 281 g/mol. The van der Waals surface area contributed by atoms with Crippen LogP contribution in [0.15, 0.2) is 36.8 Å². The number of amides is 1. The van der Waals surface area contributed by atoms with Crippen LogP contribution in [0.4, 0.5) is 5.82 Å². The SMILES string of the molecule is Cc1cc(C#CCCO)cc(C(=O)Nc2cnccn2)c1. The lowest BCUT2D eigenvalue weighted by molar-refractivity contribution is 0.102. The van der Waals surface area contributed by atoms with E-state index in [2.05, 4.69) is 27.1 Å². The molecule has 2 rings (SSSR count). The van der Waals surface area contributed by atoms with Crippen LogP contribution < -0.4 is 5.32 Å². The van der Waals surface area contributed by atoms with Gasteiger partial charge in [-0.3, -0.25) is 9.78 Å². The highest BCUT2D eigenvalue weighted by atomic mass is 16.2. The van der Waals surface area contributed by atoms with Crippen LogP contribution in [0.2, 0.25) is 0 Å². The maximum Gasteiger partial charge on any atom is 0.256 e. The minimum Gasteiger partial charge on any atom is -0.395 e. The molecule has 2 N–H and O–H groups in total. The number of aliphatic hydroxyl groups excluding tert-OH is 1. The number of nitrogens with zero attached hydrogens (tertiary/aromatic N) is 2. The number of anilines is 1. The fourth-order valence-electron chi connectivity index (χ4n) is 1.76. The first-order chi connectivity index (χ1) is 10.2. The van der Waals surface area contributed by atoms with Gasteiger partial charge in [-0.25, -0.2) is 4.98 Å². The summed E-state index contributed by atoms with van der Waals surface area (Å²) in [5, 5.41) is 11.4. The second kappa shape index (κ2) is 7.17. The van der Waals surface area contributed by atoms with Gasteiger partial charge >= 0.3 is 0 Å². The predicted molar refractivity (Wildman–Crippen MR) is 79.7 cm³/mol. The number of aryl methyl sites for hydroxylation is 1. The van der Waals surface area contributed by atoms with Crippen LogP contribution in [0.5, 0.6) is 0 Å². The van der Waals surface area contributed by atoms with E-state index in [0.717, 1.165) is 11.1 Å². The van der Waals surface area contributed by atoms with Crippen LogP contribution in [-0.2, 0) is 0 Å². The molecule has 0 unspecified atom stereocenters. The van der Waals surface area contributed by atoms with Crippen molar-refractivity contribution in [3.05, 3.63) is 53.5 Å². The van der Waals surface area contributed by atoms with Crippen molar-refractivity contribution in [1.29, 1.82) is 0 Å². The molecule has 1 aromatic carbocycles. The van der Waals surface area contributed by atoms with E-state index in [9.17, 15) is 4.79 Å². The lowest BCUT2D eigenvalue weighted by atomic mass is 10.1. The molecule has 1 amide bonds. The first kappa shape index (κ1) is 14.7. The molecule has 0 spiro atoms. The Balaban J connectivity index is 2.19. The topological polar surface area (TPSA) is 75.1 Å². The number of nitrogens with one attached hydrogen (secondary N) is 1. The molecular weight excluding hydrogens is 266 g/mol. The van der Waals surface area contributed by atoms with Crippen LogP contribution in [-0.4, -0.2) is 27.6 Å². The molecule has 5 heteroatoms. The Kier molecular flexibility index (Phi) is 5.02. The van der Waals surface area contributed by atoms with Crippen molar-refractivity contribution in [2.75, 3.05) is 11.9 Å². The zero-order valence-corrected chi connectivity index (χ0v) is 11.6. The highest BCUT2D eigenvalue weighted by molar-refractivity contribution is 6.04. The molecule has 0 aliphatic heterocycles. The fourth-order valence-corrected chi connectivity index (χ4v) is 1.76. The van der Waals surface area contributed by atoms with Gasteiger partial charge in [0.05, 0.1) is 12.8 Å². The molecule has 1 aromatic heterocycles. The van der Waals surface area contributed by atoms with Crippen LogP contribution >= 0.6 is 0 Å². The molecule has 5 nitrogen and oxygen atoms in total. The van der Waals surface area contributed by atoms with E-state index in [4.69, 9.17) is 5.11 Å². The summed E-state index contributed by atoms with van der Waals surface area (Å²) in [6.45, 7) is 1.93. The summed E-state index contributed by atoms with van der Waals surface area (Å²) in [6, 6.07) is 5.38. The van der Waals surface area contributed by atoms with Crippen molar-refractivity contribution in [1.82, 2.24) is 9.97 Å². The van der Waals surface area contributed by atoms with Crippen LogP contribution in [0.1, 0.15) is 27.9 Å². The summed E-state index contributed by atoms with van der Waals surface area (Å²) in [5.74, 6) is 5.91. The third-order valence-electron chi connectivity index (χ3n) is 2.61. The fraction of sp³-hybridized carbons (Fsp3) is 0.188. The Morgan fingerprint density at radius 2 is 2.19 bits per heavy atom. The number of hydrogen-bond acceptors (Lipinski definition) is 4. The lowest BCUT2D eigenvalue weighted by Crippen LogP contribution is -2.13. The van der Waals surface area contributed by atoms with Crippen molar-refractivity contribution in [2.24, 2.45) is 0 Å². The van der Waals surface area contributed by atoms with Gasteiger partial charge in [0.25, 0.3) is 5.91 Å². The van der Waals surface area contributed by atoms with Gasteiger partial charge in [-0.1, -0.05) is 11.8 Å². The molecule has 0 saturated heterocycles. The van der Waals surface area contributed by atoms with Crippen molar-refractivity contribution < 1.29 is 9.90 Å². The summed E-state index contributed by atoms with van der Waals surface area (Å²) < 4.78 is 0. The van der Waals surface area contributed by atoms with Gasteiger partial charge in [0.15, 0.2) is 5.82 Å². The summed E-state index contributed by atoms with van der Waals surface area (Å²) >= 11 is 0. The van der Waals surface area contributed by atoms with E-state index in [0.29, 0.717) is 17.8 Å². The molecule has 0 aliphatic rings. The standard InChI is InChI=1S/C16H15N3O2/c1-12-8-13(4-2-3-7-20)10-14(9-12)16(21)19-15-11-17-5-6-18-15/h5-6,8-11,20H,3,7H2,1H3,(H,18,19,21). The minimum atomic E-state index is -0.260. The molecule has 0 saturated carbocycles. The molecule has 0 aliphatic carbocycles. The predicted octanol–water partition coefficient (Wildman–Crippen LogP) is 1.77. The summed E-state index contributed by atoms with van der Waals surface area (Å²) in [5.41, 5.74) is 2.19. The van der Waals surface area contributed by atoms with E-state index in [1.54, 1.807) is 12.1 Å². The molecule has 21 heavy (non-hydrogen) atoms. The lowest BCUT2D eigenvalue weighted by Gasteiger charge is -2.05. The first-order valence-electron chi connectivity index (χ1n) is 6.48. The molecule has 2 aromatic rings. The van der Waals surface area contributed by atoms with Crippen LogP contribution in [0.3, 0.4) is 0 Å². The summed E-state index contributed by atoms with van der Waals surface area (Å²) in [7, 11) is 0. The summed E-state index contributed by atoms with van der Waals surface area (Å²) in [6.07, 6.45) is 4.94. The Labute approximate surface area is 123 Å². The van der Waals surface area contributed by atoms with Gasteiger partial charge in [-0.2, -0.15) is 0 Å². The maximum absolute atomic E-state index is 12.2. The van der Waals surface area contributed by atoms with Gasteiger partial charge in [0, 0.05) is 29.9 Å². The van der Waals surface area contributed by atoms with E-state index >= 15 is 0 Å². The second-order valence-corrected chi connectivity index (χ2v) is 4.41. The molecule has 0 fully saturated rings. The number of carbonyl (C=O) groups excluding carboxylic acids is 1. The van der Waals surface area contributed by atoms with E-state index < -0.39 is 0 Å². The summed E-state index contributed by atoms with van der Waals surface area (Å²) in [4.78, 5) is 20.1. The first-order valence-corrected chi connectivity index (χ1v) is 6.48. The van der Waals surface area contributed by atoms with Crippen molar-refractivity contribution in [3.8, 4) is 11.8 Å². The van der Waals surface area contributed by atoms with Gasteiger partial charge in [0.1, 0.15) is 0 Å². The quantitative estimate of drug-likeness (QED) is 0.841. The Morgan fingerprint density at radius 1 is 1.33 bits per heavy atom. The highest BCUT2D eigenvalue weighted by Crippen LogP contribution is 2.11. The zero-order valence-electron chi connectivity index (χ0n) is 11.6. The number of carbonyl (C=O) groups is 1. The number of hydrogen-bond donors (Lipinski definition) is 2. The van der Waals surface area contributed by atoms with E-state index in [1.165, 1.54) is 18.6 Å². The smallest absolute Gasteiger partial charge is 0.256 e. The van der Waals surface area contributed by atoms with Crippen LogP contribution in [0.25, 0.3) is 0 Å². The van der Waals surface area contributed by atoms with Gasteiger partial charge in [-0.05, 0) is 30.7 Å². The molecule has 106 valence electrons. The largest absolute Gasteiger partial charge is 0.395 e. The molecule has 0 atom stereocenters. The second-order valence-electron chi connectivity index (χ2n) is 4.41. The van der Waals surface area contributed by atoms with Crippen molar-refractivity contribution >= 4 is 11.7 Å². The Hall–Kier alpha value is -2.71. The van der Waals surface area contributed by atoms with E-state index in [-0.39, 0.29) is 12.5 Å². The van der Waals surface area contributed by atoms with Crippen molar-refractivity contribution in [2.45, 2.75) is 13.3 Å². The Morgan fingerprint density at radius 3 is 2.90 bits per heavy atom. The van der Waals surface area contributed by atoms with Gasteiger partial charge in [0.2, 0.25) is 0 Å². The number of aromatic nitrogens is 2.